The number of hydrogen-bond donors (Lipinski definition) is 0. The van der Waals surface area contributed by atoms with E-state index in [4.69, 9.17) is 20.5 Å². The van der Waals surface area contributed by atoms with E-state index in [0.717, 1.165) is 47.5 Å². The van der Waals surface area contributed by atoms with Gasteiger partial charge in [-0.1, -0.05) is 22.4 Å². The molecule has 0 saturated heterocycles. The molecule has 1 amide bonds. The standard InChI is InChI=1S/C30H36N10O4/c1-19-26(14-24(15-33-36-31)38(19)16-20-6-5-7-25(12-20)43-18-34-37-32)28(41)40(22-8-9-22)23-10-11-27-21(13-23)17-39(35-27)29(42)44-30(2,3)4/h5-7,12,14,17,22-23H,8-11,13,15-16,18H2,1-4H3. The number of azide groups is 2. The zero-order valence-electron chi connectivity index (χ0n) is 25.4. The first-order valence-corrected chi connectivity index (χ1v) is 14.6. The Kier molecular flexibility index (Phi) is 8.84. The maximum Gasteiger partial charge on any atom is 0.435 e. The molecule has 3 aromatic rings. The van der Waals surface area contributed by atoms with Crippen LogP contribution < -0.4 is 4.74 Å². The van der Waals surface area contributed by atoms with Gasteiger partial charge in [0.05, 0.1) is 17.8 Å². The summed E-state index contributed by atoms with van der Waals surface area (Å²) in [6.45, 7) is 7.75. The Morgan fingerprint density at radius 1 is 1.11 bits per heavy atom. The van der Waals surface area contributed by atoms with E-state index in [2.05, 4.69) is 25.2 Å². The molecule has 14 nitrogen and oxygen atoms in total. The molecule has 2 aliphatic carbocycles. The van der Waals surface area contributed by atoms with Gasteiger partial charge in [0.25, 0.3) is 5.91 Å². The average molecular weight is 601 g/mol. The van der Waals surface area contributed by atoms with Gasteiger partial charge in [-0.25, -0.2) is 4.79 Å². The summed E-state index contributed by atoms with van der Waals surface area (Å²) in [6, 6.07) is 9.35. The molecule has 2 aliphatic rings. The fraction of sp³-hybridized carbons (Fsp3) is 0.500. The number of aryl methyl sites for hydroxylation is 1. The Hall–Kier alpha value is -4.93. The van der Waals surface area contributed by atoms with Crippen molar-refractivity contribution in [3.05, 3.63) is 91.2 Å². The van der Waals surface area contributed by atoms with E-state index in [0.29, 0.717) is 30.7 Å². The highest BCUT2D eigenvalue weighted by Gasteiger charge is 2.40. The van der Waals surface area contributed by atoms with Gasteiger partial charge in [0, 0.05) is 46.0 Å². The number of ether oxygens (including phenoxy) is 2. The van der Waals surface area contributed by atoms with Gasteiger partial charge in [0.2, 0.25) is 0 Å². The summed E-state index contributed by atoms with van der Waals surface area (Å²) in [5, 5.41) is 11.7. The number of hydrogen-bond acceptors (Lipinski definition) is 7. The second-order valence-corrected chi connectivity index (χ2v) is 12.1. The van der Waals surface area contributed by atoms with Crippen LogP contribution in [0.1, 0.15) is 78.6 Å². The SMILES string of the molecule is Cc1c(C(=O)N(C2CC2)C2CCc3nn(C(=O)OC(C)(C)C)cc3C2)cc(CN=[N+]=[N-])n1Cc1cccc(OCN=[N+]=[N-])c1. The van der Waals surface area contributed by atoms with E-state index in [1.807, 2.05) is 61.4 Å². The third-order valence-electron chi connectivity index (χ3n) is 7.77. The maximum atomic E-state index is 14.3. The minimum atomic E-state index is -0.628. The predicted molar refractivity (Wildman–Crippen MR) is 161 cm³/mol. The average Bonchev–Trinajstić information content (AvgIpc) is 3.63. The van der Waals surface area contributed by atoms with Gasteiger partial charge in [0.15, 0.2) is 6.73 Å². The van der Waals surface area contributed by atoms with Crippen LogP contribution in [-0.4, -0.2) is 55.7 Å². The fourth-order valence-electron chi connectivity index (χ4n) is 5.67. The number of amides is 1. The highest BCUT2D eigenvalue weighted by atomic mass is 16.6. The molecule has 0 radical (unpaired) electrons. The predicted octanol–water partition coefficient (Wildman–Crippen LogP) is 6.44. The zero-order valence-corrected chi connectivity index (χ0v) is 25.4. The van der Waals surface area contributed by atoms with E-state index >= 15 is 0 Å². The Morgan fingerprint density at radius 3 is 2.59 bits per heavy atom. The van der Waals surface area contributed by atoms with E-state index in [1.54, 1.807) is 12.3 Å². The molecule has 230 valence electrons. The summed E-state index contributed by atoms with van der Waals surface area (Å²) in [7, 11) is 0. The summed E-state index contributed by atoms with van der Waals surface area (Å²) in [4.78, 5) is 34.6. The van der Waals surface area contributed by atoms with Crippen LogP contribution in [0.4, 0.5) is 4.79 Å². The lowest BCUT2D eigenvalue weighted by Gasteiger charge is -2.34. The number of fused-ring (bicyclic) bond motifs is 1. The van der Waals surface area contributed by atoms with Gasteiger partial charge in [-0.05, 0) is 100 Å². The lowest BCUT2D eigenvalue weighted by Crippen LogP contribution is -2.45. The van der Waals surface area contributed by atoms with Crippen LogP contribution in [0, 0.1) is 6.92 Å². The monoisotopic (exact) mass is 600 g/mol. The van der Waals surface area contributed by atoms with Gasteiger partial charge in [0.1, 0.15) is 11.4 Å². The Labute approximate surface area is 254 Å². The molecule has 2 heterocycles. The molecule has 1 unspecified atom stereocenters. The van der Waals surface area contributed by atoms with Crippen molar-refractivity contribution in [2.45, 2.75) is 90.6 Å². The molecule has 0 aliphatic heterocycles. The summed E-state index contributed by atoms with van der Waals surface area (Å²) >= 11 is 0. The quantitative estimate of drug-likeness (QED) is 0.147. The number of benzene rings is 1. The second kappa shape index (κ2) is 12.7. The zero-order chi connectivity index (χ0) is 31.4. The minimum Gasteiger partial charge on any atom is -0.488 e. The van der Waals surface area contributed by atoms with Crippen molar-refractivity contribution in [2.24, 2.45) is 10.2 Å². The first kappa shape index (κ1) is 30.5. The Balaban J connectivity index is 1.39. The Bertz CT molecular complexity index is 1650. The molecule has 1 saturated carbocycles. The summed E-state index contributed by atoms with van der Waals surface area (Å²) in [5.41, 5.74) is 21.7. The minimum absolute atomic E-state index is 0.0352. The van der Waals surface area contributed by atoms with Crippen LogP contribution in [0.3, 0.4) is 0 Å². The van der Waals surface area contributed by atoms with Gasteiger partial charge in [-0.3, -0.25) is 4.79 Å². The van der Waals surface area contributed by atoms with Crippen molar-refractivity contribution < 1.29 is 19.1 Å². The van der Waals surface area contributed by atoms with Crippen LogP contribution in [0.2, 0.25) is 0 Å². The topological polar surface area (TPSA) is 176 Å². The van der Waals surface area contributed by atoms with Gasteiger partial charge < -0.3 is 18.9 Å². The van der Waals surface area contributed by atoms with Crippen molar-refractivity contribution in [1.82, 2.24) is 19.2 Å². The molecule has 5 rings (SSSR count). The number of rotatable bonds is 10. The van der Waals surface area contributed by atoms with Gasteiger partial charge in [-0.15, -0.1) is 0 Å². The van der Waals surface area contributed by atoms with Crippen LogP contribution in [0.25, 0.3) is 20.9 Å². The van der Waals surface area contributed by atoms with E-state index in [9.17, 15) is 9.59 Å². The highest BCUT2D eigenvalue weighted by molar-refractivity contribution is 5.96. The normalized spacial score (nSPS) is 15.9. The molecule has 2 aromatic heterocycles. The lowest BCUT2D eigenvalue weighted by atomic mass is 9.91. The highest BCUT2D eigenvalue weighted by Crippen LogP contribution is 2.36. The van der Waals surface area contributed by atoms with Crippen LogP contribution in [0.5, 0.6) is 5.75 Å². The number of aromatic nitrogens is 3. The number of carbonyl (C=O) groups is 2. The number of nitrogens with zero attached hydrogens (tertiary/aromatic N) is 10. The fourth-order valence-corrected chi connectivity index (χ4v) is 5.67. The molecule has 0 bridgehead atoms. The lowest BCUT2D eigenvalue weighted by molar-refractivity contribution is 0.0513. The van der Waals surface area contributed by atoms with Crippen LogP contribution in [-0.2, 0) is 30.7 Å². The van der Waals surface area contributed by atoms with E-state index in [-0.39, 0.29) is 31.3 Å². The third-order valence-corrected chi connectivity index (χ3v) is 7.77. The van der Waals surface area contributed by atoms with Crippen LogP contribution in [0.15, 0.2) is 46.8 Å². The van der Waals surface area contributed by atoms with Crippen molar-refractivity contribution >= 4 is 12.0 Å². The molecule has 1 atom stereocenters. The molecule has 14 heteroatoms. The maximum absolute atomic E-state index is 14.3. The molecular formula is C30H36N10O4. The Morgan fingerprint density at radius 2 is 1.89 bits per heavy atom. The van der Waals surface area contributed by atoms with E-state index < -0.39 is 11.7 Å². The second-order valence-electron chi connectivity index (χ2n) is 12.1. The molecule has 44 heavy (non-hydrogen) atoms. The van der Waals surface area contributed by atoms with E-state index in [1.165, 1.54) is 4.68 Å². The molecule has 1 fully saturated rings. The van der Waals surface area contributed by atoms with Crippen molar-refractivity contribution in [3.63, 3.8) is 0 Å². The molecular weight excluding hydrogens is 564 g/mol. The third kappa shape index (κ3) is 6.99. The first-order valence-electron chi connectivity index (χ1n) is 14.6. The largest absolute Gasteiger partial charge is 0.488 e. The van der Waals surface area contributed by atoms with Crippen molar-refractivity contribution in [3.8, 4) is 5.75 Å². The smallest absolute Gasteiger partial charge is 0.435 e. The molecule has 0 N–H and O–H groups in total. The summed E-state index contributed by atoms with van der Waals surface area (Å²) in [6.07, 6.45) is 5.11. The summed E-state index contributed by atoms with van der Waals surface area (Å²) in [5.74, 6) is 0.504. The van der Waals surface area contributed by atoms with Crippen molar-refractivity contribution in [2.75, 3.05) is 6.73 Å². The van der Waals surface area contributed by atoms with Gasteiger partial charge >= 0.3 is 6.09 Å². The first-order chi connectivity index (χ1) is 21.1. The van der Waals surface area contributed by atoms with Gasteiger partial charge in [-0.2, -0.15) is 9.78 Å². The van der Waals surface area contributed by atoms with Crippen molar-refractivity contribution in [1.29, 1.82) is 0 Å². The molecule has 1 aromatic carbocycles. The number of carbonyl (C=O) groups excluding carboxylic acids is 2. The summed E-state index contributed by atoms with van der Waals surface area (Å²) < 4.78 is 14.2. The van der Waals surface area contributed by atoms with Crippen LogP contribution >= 0.6 is 0 Å². The molecule has 0 spiro atoms.